The van der Waals surface area contributed by atoms with E-state index in [0.29, 0.717) is 11.3 Å². The maximum Gasteiger partial charge on any atom is 0.339 e. The standard InChI is InChI=1S/C18H17ClO7S/c1-23-15-8-6-13(11-14(15)19)27(21,22)26-16-7-4-12(10-17(16)24-2)5-9-18(20)25-3/h4-11H,1-3H3/b9-5+. The molecule has 0 N–H and O–H groups in total. The van der Waals surface area contributed by atoms with Crippen LogP contribution in [0.4, 0.5) is 0 Å². The maximum absolute atomic E-state index is 12.5. The zero-order valence-electron chi connectivity index (χ0n) is 14.8. The van der Waals surface area contributed by atoms with Gasteiger partial charge in [0.05, 0.1) is 26.4 Å². The Balaban J connectivity index is 2.31. The van der Waals surface area contributed by atoms with Crippen LogP contribution >= 0.6 is 11.6 Å². The Hall–Kier alpha value is -2.71. The molecule has 9 heteroatoms. The highest BCUT2D eigenvalue weighted by atomic mass is 35.5. The van der Waals surface area contributed by atoms with Gasteiger partial charge in [-0.05, 0) is 42.0 Å². The second-order valence-electron chi connectivity index (χ2n) is 5.10. The van der Waals surface area contributed by atoms with Crippen molar-refractivity contribution in [3.63, 3.8) is 0 Å². The predicted octanol–water partition coefficient (Wildman–Crippen LogP) is 3.31. The molecule has 0 amide bonds. The van der Waals surface area contributed by atoms with E-state index in [1.807, 2.05) is 0 Å². The average molecular weight is 413 g/mol. The van der Waals surface area contributed by atoms with Gasteiger partial charge in [0.2, 0.25) is 0 Å². The summed E-state index contributed by atoms with van der Waals surface area (Å²) >= 11 is 5.98. The molecule has 0 atom stereocenters. The van der Waals surface area contributed by atoms with E-state index in [2.05, 4.69) is 4.74 Å². The quantitative estimate of drug-likeness (QED) is 0.391. The molecule has 0 unspecified atom stereocenters. The van der Waals surface area contributed by atoms with Gasteiger partial charge in [-0.3, -0.25) is 0 Å². The summed E-state index contributed by atoms with van der Waals surface area (Å²) in [4.78, 5) is 11.0. The Morgan fingerprint density at radius 3 is 2.22 bits per heavy atom. The van der Waals surface area contributed by atoms with Crippen LogP contribution < -0.4 is 13.7 Å². The number of methoxy groups -OCH3 is 3. The Bertz CT molecular complexity index is 968. The van der Waals surface area contributed by atoms with Crippen LogP contribution in [-0.4, -0.2) is 35.7 Å². The molecule has 2 aromatic rings. The van der Waals surface area contributed by atoms with Crippen molar-refractivity contribution >= 4 is 33.8 Å². The summed E-state index contributed by atoms with van der Waals surface area (Å²) in [6, 6.07) is 8.48. The van der Waals surface area contributed by atoms with Crippen LogP contribution in [-0.2, 0) is 19.6 Å². The molecular weight excluding hydrogens is 396 g/mol. The van der Waals surface area contributed by atoms with Crippen LogP contribution in [0.25, 0.3) is 6.08 Å². The molecule has 0 radical (unpaired) electrons. The zero-order valence-corrected chi connectivity index (χ0v) is 16.3. The highest BCUT2D eigenvalue weighted by Crippen LogP contribution is 2.33. The van der Waals surface area contributed by atoms with Crippen LogP contribution in [0, 0.1) is 0 Å². The first-order valence-electron chi connectivity index (χ1n) is 7.53. The molecular formula is C18H17ClO7S. The molecule has 2 aromatic carbocycles. The van der Waals surface area contributed by atoms with E-state index in [0.717, 1.165) is 0 Å². The number of halogens is 1. The molecule has 7 nitrogen and oxygen atoms in total. The normalized spacial score (nSPS) is 11.3. The van der Waals surface area contributed by atoms with Crippen molar-refractivity contribution in [2.24, 2.45) is 0 Å². The zero-order chi connectivity index (χ0) is 20.0. The van der Waals surface area contributed by atoms with Crippen LogP contribution in [0.2, 0.25) is 5.02 Å². The van der Waals surface area contributed by atoms with E-state index in [1.165, 1.54) is 63.8 Å². The average Bonchev–Trinajstić information content (AvgIpc) is 2.66. The number of carbonyl (C=O) groups is 1. The van der Waals surface area contributed by atoms with E-state index in [4.69, 9.17) is 25.3 Å². The number of hydrogen-bond donors (Lipinski definition) is 0. The smallest absolute Gasteiger partial charge is 0.339 e. The van der Waals surface area contributed by atoms with Gasteiger partial charge in [0.15, 0.2) is 11.5 Å². The van der Waals surface area contributed by atoms with E-state index in [-0.39, 0.29) is 21.4 Å². The highest BCUT2D eigenvalue weighted by molar-refractivity contribution is 7.87. The molecule has 0 aliphatic heterocycles. The second kappa shape index (κ2) is 8.79. The van der Waals surface area contributed by atoms with Gasteiger partial charge in [-0.2, -0.15) is 8.42 Å². The van der Waals surface area contributed by atoms with Gasteiger partial charge in [-0.25, -0.2) is 4.79 Å². The van der Waals surface area contributed by atoms with Gasteiger partial charge in [-0.15, -0.1) is 0 Å². The fraction of sp³-hybridized carbons (Fsp3) is 0.167. The first-order chi connectivity index (χ1) is 12.8. The number of carbonyl (C=O) groups excluding carboxylic acids is 1. The van der Waals surface area contributed by atoms with Crippen LogP contribution in [0.5, 0.6) is 17.2 Å². The number of esters is 1. The monoisotopic (exact) mass is 412 g/mol. The first kappa shape index (κ1) is 20.6. The highest BCUT2D eigenvalue weighted by Gasteiger charge is 2.20. The van der Waals surface area contributed by atoms with Crippen molar-refractivity contribution in [1.29, 1.82) is 0 Å². The van der Waals surface area contributed by atoms with E-state index in [9.17, 15) is 13.2 Å². The summed E-state index contributed by atoms with van der Waals surface area (Å²) in [6.45, 7) is 0. The molecule has 144 valence electrons. The minimum atomic E-state index is -4.15. The molecule has 2 rings (SSSR count). The minimum absolute atomic E-state index is 0.0142. The van der Waals surface area contributed by atoms with Gasteiger partial charge >= 0.3 is 16.1 Å². The topological polar surface area (TPSA) is 88.1 Å². The molecule has 0 fully saturated rings. The Morgan fingerprint density at radius 2 is 1.63 bits per heavy atom. The Kier molecular flexibility index (Phi) is 6.70. The third kappa shape index (κ3) is 5.15. The van der Waals surface area contributed by atoms with Gasteiger partial charge < -0.3 is 18.4 Å². The minimum Gasteiger partial charge on any atom is -0.495 e. The molecule has 0 aliphatic carbocycles. The second-order valence-corrected chi connectivity index (χ2v) is 7.05. The van der Waals surface area contributed by atoms with Crippen LogP contribution in [0.15, 0.2) is 47.4 Å². The summed E-state index contributed by atoms with van der Waals surface area (Å²) in [5.41, 5.74) is 0.592. The van der Waals surface area contributed by atoms with E-state index in [1.54, 1.807) is 6.07 Å². The first-order valence-corrected chi connectivity index (χ1v) is 9.31. The number of rotatable bonds is 7. The number of benzene rings is 2. The molecule has 0 bridgehead atoms. The third-order valence-electron chi connectivity index (χ3n) is 3.41. The maximum atomic E-state index is 12.5. The largest absolute Gasteiger partial charge is 0.495 e. The van der Waals surface area contributed by atoms with Gasteiger partial charge in [0, 0.05) is 6.08 Å². The SMILES string of the molecule is COC(=O)/C=C/c1ccc(OS(=O)(=O)c2ccc(OC)c(Cl)c2)c(OC)c1. The summed E-state index contributed by atoms with van der Waals surface area (Å²) in [5.74, 6) is -0.0203. The van der Waals surface area contributed by atoms with E-state index < -0.39 is 16.1 Å². The summed E-state index contributed by atoms with van der Waals surface area (Å²) in [5, 5.41) is 0.137. The lowest BCUT2D eigenvalue weighted by molar-refractivity contribution is -0.134. The fourth-order valence-corrected chi connectivity index (χ4v) is 3.35. The number of hydrogen-bond acceptors (Lipinski definition) is 7. The molecule has 0 saturated heterocycles. The van der Waals surface area contributed by atoms with Crippen molar-refractivity contribution in [2.75, 3.05) is 21.3 Å². The lowest BCUT2D eigenvalue weighted by atomic mass is 10.2. The van der Waals surface area contributed by atoms with E-state index >= 15 is 0 Å². The van der Waals surface area contributed by atoms with Crippen molar-refractivity contribution in [3.05, 3.63) is 53.1 Å². The van der Waals surface area contributed by atoms with Crippen LogP contribution in [0.1, 0.15) is 5.56 Å². The van der Waals surface area contributed by atoms with Crippen molar-refractivity contribution in [1.82, 2.24) is 0 Å². The summed E-state index contributed by atoms with van der Waals surface area (Å²) in [7, 11) is -0.0922. The molecule has 0 aliphatic rings. The van der Waals surface area contributed by atoms with Gasteiger partial charge in [-0.1, -0.05) is 17.7 Å². The Morgan fingerprint density at radius 1 is 0.963 bits per heavy atom. The fourth-order valence-electron chi connectivity index (χ4n) is 2.06. The Labute approximate surface area is 162 Å². The molecule has 0 saturated carbocycles. The van der Waals surface area contributed by atoms with Crippen LogP contribution in [0.3, 0.4) is 0 Å². The lowest BCUT2D eigenvalue weighted by Crippen LogP contribution is -2.10. The third-order valence-corrected chi connectivity index (χ3v) is 4.94. The molecule has 27 heavy (non-hydrogen) atoms. The van der Waals surface area contributed by atoms with Crippen molar-refractivity contribution < 1.29 is 31.6 Å². The van der Waals surface area contributed by atoms with Crippen molar-refractivity contribution in [2.45, 2.75) is 4.90 Å². The van der Waals surface area contributed by atoms with Crippen molar-refractivity contribution in [3.8, 4) is 17.2 Å². The molecule has 0 heterocycles. The molecule has 0 spiro atoms. The summed E-state index contributed by atoms with van der Waals surface area (Å²) < 4.78 is 44.9. The predicted molar refractivity (Wildman–Crippen MR) is 99.9 cm³/mol. The molecule has 0 aromatic heterocycles. The summed E-state index contributed by atoms with van der Waals surface area (Å²) in [6.07, 6.45) is 2.72. The number of ether oxygens (including phenoxy) is 3. The lowest BCUT2D eigenvalue weighted by Gasteiger charge is -2.12. The van der Waals surface area contributed by atoms with Gasteiger partial charge in [0.1, 0.15) is 10.6 Å². The van der Waals surface area contributed by atoms with Gasteiger partial charge in [0.25, 0.3) is 0 Å².